The van der Waals surface area contributed by atoms with Gasteiger partial charge in [0.1, 0.15) is 11.4 Å². The Hall–Kier alpha value is -0.870. The number of benzene rings is 1. The van der Waals surface area contributed by atoms with E-state index in [-0.39, 0.29) is 5.78 Å². The fourth-order valence-corrected chi connectivity index (χ4v) is 2.63. The standard InChI is InChI=1S/C14H17BrO3/c1-17-11-4-5-12(15)10(8-11)9-13(16)14(18-2)6-3-7-14/h4-5,8H,3,6-7,9H2,1-2H3. The number of halogens is 1. The predicted molar refractivity (Wildman–Crippen MR) is 73.0 cm³/mol. The summed E-state index contributed by atoms with van der Waals surface area (Å²) < 4.78 is 11.5. The Morgan fingerprint density at radius 3 is 2.61 bits per heavy atom. The Morgan fingerprint density at radius 2 is 2.11 bits per heavy atom. The van der Waals surface area contributed by atoms with E-state index in [1.165, 1.54) is 0 Å². The van der Waals surface area contributed by atoms with Crippen LogP contribution in [0.3, 0.4) is 0 Å². The van der Waals surface area contributed by atoms with Crippen LogP contribution in [0.2, 0.25) is 0 Å². The Labute approximate surface area is 116 Å². The lowest BCUT2D eigenvalue weighted by Crippen LogP contribution is -2.47. The van der Waals surface area contributed by atoms with Crippen LogP contribution in [-0.4, -0.2) is 25.6 Å². The summed E-state index contributed by atoms with van der Waals surface area (Å²) in [5.74, 6) is 0.922. The SMILES string of the molecule is COc1ccc(Br)c(CC(=O)C2(OC)CCC2)c1. The van der Waals surface area contributed by atoms with Gasteiger partial charge >= 0.3 is 0 Å². The van der Waals surface area contributed by atoms with Gasteiger partial charge in [0.25, 0.3) is 0 Å². The van der Waals surface area contributed by atoms with Gasteiger partial charge in [0, 0.05) is 18.0 Å². The zero-order valence-electron chi connectivity index (χ0n) is 10.7. The molecule has 1 aliphatic rings. The Morgan fingerprint density at radius 1 is 1.39 bits per heavy atom. The van der Waals surface area contributed by atoms with Crippen LogP contribution in [0.25, 0.3) is 0 Å². The summed E-state index contributed by atoms with van der Waals surface area (Å²) in [5, 5.41) is 0. The molecule has 1 aromatic carbocycles. The Kier molecular flexibility index (Phi) is 4.07. The zero-order valence-corrected chi connectivity index (χ0v) is 12.2. The molecule has 1 aromatic rings. The van der Waals surface area contributed by atoms with Gasteiger partial charge in [-0.15, -0.1) is 0 Å². The molecule has 0 atom stereocenters. The summed E-state index contributed by atoms with van der Waals surface area (Å²) in [6.07, 6.45) is 3.12. The molecule has 1 saturated carbocycles. The molecular formula is C14H17BrO3. The maximum atomic E-state index is 12.3. The fraction of sp³-hybridized carbons (Fsp3) is 0.500. The third kappa shape index (κ3) is 2.45. The first-order chi connectivity index (χ1) is 8.61. The number of methoxy groups -OCH3 is 2. The summed E-state index contributed by atoms with van der Waals surface area (Å²) >= 11 is 3.47. The van der Waals surface area contributed by atoms with Crippen molar-refractivity contribution in [2.24, 2.45) is 0 Å². The molecule has 0 radical (unpaired) electrons. The van der Waals surface area contributed by atoms with Crippen molar-refractivity contribution in [2.45, 2.75) is 31.3 Å². The normalized spacial score (nSPS) is 17.1. The summed E-state index contributed by atoms with van der Waals surface area (Å²) in [4.78, 5) is 12.3. The van der Waals surface area contributed by atoms with Gasteiger partial charge in [-0.2, -0.15) is 0 Å². The van der Waals surface area contributed by atoms with Crippen molar-refractivity contribution in [2.75, 3.05) is 14.2 Å². The highest BCUT2D eigenvalue weighted by Crippen LogP contribution is 2.37. The molecule has 0 bridgehead atoms. The largest absolute Gasteiger partial charge is 0.497 e. The molecule has 0 aliphatic heterocycles. The van der Waals surface area contributed by atoms with E-state index in [9.17, 15) is 4.79 Å². The molecule has 1 aliphatic carbocycles. The van der Waals surface area contributed by atoms with Crippen molar-refractivity contribution in [1.29, 1.82) is 0 Å². The van der Waals surface area contributed by atoms with E-state index in [1.54, 1.807) is 14.2 Å². The van der Waals surface area contributed by atoms with E-state index >= 15 is 0 Å². The first-order valence-corrected chi connectivity index (χ1v) is 6.81. The zero-order chi connectivity index (χ0) is 13.2. The topological polar surface area (TPSA) is 35.5 Å². The van der Waals surface area contributed by atoms with Crippen LogP contribution >= 0.6 is 15.9 Å². The highest BCUT2D eigenvalue weighted by molar-refractivity contribution is 9.10. The van der Waals surface area contributed by atoms with Gasteiger partial charge in [-0.05, 0) is 43.0 Å². The van der Waals surface area contributed by atoms with Gasteiger partial charge < -0.3 is 9.47 Å². The molecule has 0 aromatic heterocycles. The predicted octanol–water partition coefficient (Wildman–Crippen LogP) is 3.14. The summed E-state index contributed by atoms with van der Waals surface area (Å²) in [5.41, 5.74) is 0.408. The Bertz CT molecular complexity index is 447. The first kappa shape index (κ1) is 13.6. The van der Waals surface area contributed by atoms with Gasteiger partial charge in [-0.25, -0.2) is 0 Å². The van der Waals surface area contributed by atoms with Crippen LogP contribution in [0.15, 0.2) is 22.7 Å². The van der Waals surface area contributed by atoms with Crippen molar-refractivity contribution in [3.8, 4) is 5.75 Å². The van der Waals surface area contributed by atoms with E-state index in [0.29, 0.717) is 6.42 Å². The highest BCUT2D eigenvalue weighted by atomic mass is 79.9. The van der Waals surface area contributed by atoms with Crippen LogP contribution in [0, 0.1) is 0 Å². The minimum absolute atomic E-state index is 0.158. The van der Waals surface area contributed by atoms with Gasteiger partial charge in [-0.1, -0.05) is 15.9 Å². The fourth-order valence-electron chi connectivity index (χ4n) is 2.24. The van der Waals surface area contributed by atoms with E-state index in [1.807, 2.05) is 18.2 Å². The van der Waals surface area contributed by atoms with E-state index in [4.69, 9.17) is 9.47 Å². The number of rotatable bonds is 5. The average molecular weight is 313 g/mol. The molecule has 0 unspecified atom stereocenters. The molecule has 0 N–H and O–H groups in total. The van der Waals surface area contributed by atoms with Gasteiger partial charge in [0.05, 0.1) is 7.11 Å². The molecular weight excluding hydrogens is 296 g/mol. The number of ketones is 1. The minimum atomic E-state index is -0.539. The first-order valence-electron chi connectivity index (χ1n) is 6.02. The van der Waals surface area contributed by atoms with E-state index < -0.39 is 5.60 Å². The summed E-state index contributed by atoms with van der Waals surface area (Å²) in [7, 11) is 3.25. The van der Waals surface area contributed by atoms with Crippen molar-refractivity contribution in [3.05, 3.63) is 28.2 Å². The van der Waals surface area contributed by atoms with Crippen LogP contribution < -0.4 is 4.74 Å². The van der Waals surface area contributed by atoms with Crippen molar-refractivity contribution < 1.29 is 14.3 Å². The third-order valence-electron chi connectivity index (χ3n) is 3.66. The molecule has 2 rings (SSSR count). The number of Topliss-reactive ketones (excluding diaryl/α,β-unsaturated/α-hetero) is 1. The van der Waals surface area contributed by atoms with Crippen LogP contribution in [0.5, 0.6) is 5.75 Å². The summed E-state index contributed by atoms with van der Waals surface area (Å²) in [6.45, 7) is 0. The maximum Gasteiger partial charge on any atom is 0.168 e. The molecule has 0 spiro atoms. The third-order valence-corrected chi connectivity index (χ3v) is 4.44. The second-order valence-electron chi connectivity index (χ2n) is 4.61. The van der Waals surface area contributed by atoms with E-state index in [0.717, 1.165) is 35.0 Å². The number of carbonyl (C=O) groups is 1. The number of carbonyl (C=O) groups excluding carboxylic acids is 1. The maximum absolute atomic E-state index is 12.3. The van der Waals surface area contributed by atoms with Crippen LogP contribution in [0.1, 0.15) is 24.8 Å². The van der Waals surface area contributed by atoms with Crippen LogP contribution in [-0.2, 0) is 16.0 Å². The molecule has 1 fully saturated rings. The van der Waals surface area contributed by atoms with Gasteiger partial charge in [0.2, 0.25) is 0 Å². The van der Waals surface area contributed by atoms with Crippen molar-refractivity contribution in [3.63, 3.8) is 0 Å². The average Bonchev–Trinajstić information content (AvgIpc) is 2.31. The molecule has 18 heavy (non-hydrogen) atoms. The highest BCUT2D eigenvalue weighted by Gasteiger charge is 2.43. The number of hydrogen-bond donors (Lipinski definition) is 0. The molecule has 0 saturated heterocycles. The van der Waals surface area contributed by atoms with Gasteiger partial charge in [0.15, 0.2) is 5.78 Å². The number of ether oxygens (including phenoxy) is 2. The molecule has 0 heterocycles. The molecule has 3 nitrogen and oxygen atoms in total. The second kappa shape index (κ2) is 5.41. The molecule has 4 heteroatoms. The summed E-state index contributed by atoms with van der Waals surface area (Å²) in [6, 6.07) is 5.67. The lowest BCUT2D eigenvalue weighted by atomic mass is 9.75. The van der Waals surface area contributed by atoms with Crippen molar-refractivity contribution >= 4 is 21.7 Å². The molecule has 98 valence electrons. The quantitative estimate of drug-likeness (QED) is 0.838. The Balaban J connectivity index is 2.16. The smallest absolute Gasteiger partial charge is 0.168 e. The number of hydrogen-bond acceptors (Lipinski definition) is 3. The lowest BCUT2D eigenvalue weighted by Gasteiger charge is -2.39. The molecule has 0 amide bonds. The van der Waals surface area contributed by atoms with Gasteiger partial charge in [-0.3, -0.25) is 4.79 Å². The monoisotopic (exact) mass is 312 g/mol. The van der Waals surface area contributed by atoms with Crippen LogP contribution in [0.4, 0.5) is 0 Å². The van der Waals surface area contributed by atoms with E-state index in [2.05, 4.69) is 15.9 Å². The lowest BCUT2D eigenvalue weighted by molar-refractivity contribution is -0.151. The van der Waals surface area contributed by atoms with Crippen molar-refractivity contribution in [1.82, 2.24) is 0 Å². The second-order valence-corrected chi connectivity index (χ2v) is 5.46. The minimum Gasteiger partial charge on any atom is -0.497 e.